The minimum absolute atomic E-state index is 0.538. The Morgan fingerprint density at radius 3 is 2.70 bits per heavy atom. The molecule has 2 saturated heterocycles. The minimum atomic E-state index is -4.26. The Bertz CT molecular complexity index is 587. The van der Waals surface area contributed by atoms with E-state index in [0.29, 0.717) is 12.3 Å². The SMILES string of the molecule is CN(CC1CCCN(CCc2cccc(C(F)(F)F)c2)C1)C1CCSCC1. The fourth-order valence-electron chi connectivity index (χ4n) is 4.38. The van der Waals surface area contributed by atoms with Gasteiger partial charge in [-0.2, -0.15) is 24.9 Å². The third kappa shape index (κ3) is 6.40. The van der Waals surface area contributed by atoms with Crippen molar-refractivity contribution in [3.63, 3.8) is 0 Å². The zero-order valence-corrected chi connectivity index (χ0v) is 17.0. The van der Waals surface area contributed by atoms with Crippen LogP contribution < -0.4 is 0 Å². The number of thioether (sulfide) groups is 1. The summed E-state index contributed by atoms with van der Waals surface area (Å²) in [4.78, 5) is 5.00. The monoisotopic (exact) mass is 400 g/mol. The van der Waals surface area contributed by atoms with E-state index in [4.69, 9.17) is 0 Å². The van der Waals surface area contributed by atoms with Crippen LogP contribution in [0.15, 0.2) is 24.3 Å². The molecular formula is C21H31F3N2S. The Balaban J connectivity index is 1.47. The van der Waals surface area contributed by atoms with E-state index in [1.54, 1.807) is 0 Å². The molecule has 2 aliphatic rings. The van der Waals surface area contributed by atoms with Crippen LogP contribution in [0.5, 0.6) is 0 Å². The number of nitrogens with zero attached hydrogens (tertiary/aromatic N) is 2. The molecule has 1 atom stereocenters. The summed E-state index contributed by atoms with van der Waals surface area (Å²) in [6, 6.07) is 6.52. The maximum Gasteiger partial charge on any atom is 0.416 e. The van der Waals surface area contributed by atoms with Gasteiger partial charge in [-0.05, 0) is 74.7 Å². The number of likely N-dealkylation sites (tertiary alicyclic amines) is 1. The van der Waals surface area contributed by atoms with Crippen LogP contribution in [0.1, 0.15) is 36.8 Å². The number of halogens is 3. The zero-order valence-electron chi connectivity index (χ0n) is 16.2. The maximum absolute atomic E-state index is 12.9. The first-order chi connectivity index (χ1) is 12.9. The number of benzene rings is 1. The lowest BCUT2D eigenvalue weighted by atomic mass is 9.96. The molecule has 6 heteroatoms. The summed E-state index contributed by atoms with van der Waals surface area (Å²) in [5, 5.41) is 0. The maximum atomic E-state index is 12.9. The molecule has 1 unspecified atom stereocenters. The van der Waals surface area contributed by atoms with Gasteiger partial charge < -0.3 is 9.80 Å². The standard InChI is InChI=1S/C21H31F3N2S/c1-25(20-8-12-27-13-9-20)15-18-5-3-10-26(16-18)11-7-17-4-2-6-19(14-17)21(22,23)24/h2,4,6,14,18,20H,3,5,7-13,15-16H2,1H3. The van der Waals surface area contributed by atoms with Gasteiger partial charge in [0.2, 0.25) is 0 Å². The molecular weight excluding hydrogens is 369 g/mol. The van der Waals surface area contributed by atoms with Gasteiger partial charge in [-0.3, -0.25) is 0 Å². The highest BCUT2D eigenvalue weighted by molar-refractivity contribution is 7.99. The predicted molar refractivity (Wildman–Crippen MR) is 107 cm³/mol. The summed E-state index contributed by atoms with van der Waals surface area (Å²) in [6.07, 6.45) is 1.49. The third-order valence-electron chi connectivity index (χ3n) is 5.93. The van der Waals surface area contributed by atoms with Gasteiger partial charge in [-0.1, -0.05) is 18.2 Å². The van der Waals surface area contributed by atoms with E-state index in [9.17, 15) is 13.2 Å². The number of piperidine rings is 1. The van der Waals surface area contributed by atoms with E-state index >= 15 is 0 Å². The van der Waals surface area contributed by atoms with Crippen LogP contribution >= 0.6 is 11.8 Å². The lowest BCUT2D eigenvalue weighted by Gasteiger charge is -2.38. The highest BCUT2D eigenvalue weighted by Gasteiger charge is 2.30. The Morgan fingerprint density at radius 2 is 1.96 bits per heavy atom. The van der Waals surface area contributed by atoms with Crippen molar-refractivity contribution < 1.29 is 13.2 Å². The van der Waals surface area contributed by atoms with Crippen molar-refractivity contribution in [2.75, 3.05) is 44.7 Å². The molecule has 2 fully saturated rings. The summed E-state index contributed by atoms with van der Waals surface area (Å²) < 4.78 is 38.6. The molecule has 3 rings (SSSR count). The largest absolute Gasteiger partial charge is 0.416 e. The molecule has 152 valence electrons. The Kier molecular flexibility index (Phi) is 7.51. The Labute approximate surface area is 165 Å². The van der Waals surface area contributed by atoms with Crippen molar-refractivity contribution in [1.82, 2.24) is 9.80 Å². The van der Waals surface area contributed by atoms with Gasteiger partial charge >= 0.3 is 6.18 Å². The topological polar surface area (TPSA) is 6.48 Å². The van der Waals surface area contributed by atoms with Crippen molar-refractivity contribution in [2.45, 2.75) is 44.3 Å². The molecule has 0 amide bonds. The average Bonchev–Trinajstić information content (AvgIpc) is 2.67. The second-order valence-corrected chi connectivity index (χ2v) is 9.26. The Morgan fingerprint density at radius 1 is 1.19 bits per heavy atom. The normalized spacial score (nSPS) is 23.1. The summed E-state index contributed by atoms with van der Waals surface area (Å²) >= 11 is 2.06. The highest BCUT2D eigenvalue weighted by atomic mass is 32.2. The van der Waals surface area contributed by atoms with Crippen molar-refractivity contribution >= 4 is 11.8 Å². The first kappa shape index (κ1) is 21.0. The molecule has 2 nitrogen and oxygen atoms in total. The van der Waals surface area contributed by atoms with Crippen LogP contribution in [-0.2, 0) is 12.6 Å². The van der Waals surface area contributed by atoms with Crippen LogP contribution in [0.25, 0.3) is 0 Å². The smallest absolute Gasteiger partial charge is 0.303 e. The quantitative estimate of drug-likeness (QED) is 0.678. The molecule has 0 saturated carbocycles. The lowest BCUT2D eigenvalue weighted by molar-refractivity contribution is -0.137. The molecule has 1 aromatic carbocycles. The fraction of sp³-hybridized carbons (Fsp3) is 0.714. The molecule has 2 aliphatic heterocycles. The first-order valence-electron chi connectivity index (χ1n) is 10.1. The summed E-state index contributed by atoms with van der Waals surface area (Å²) in [5.41, 5.74) is 0.243. The van der Waals surface area contributed by atoms with Crippen molar-refractivity contribution in [2.24, 2.45) is 5.92 Å². The molecule has 1 aromatic rings. The van der Waals surface area contributed by atoms with Crippen LogP contribution in [-0.4, -0.2) is 60.6 Å². The number of hydrogen-bond donors (Lipinski definition) is 0. The molecule has 0 aliphatic carbocycles. The minimum Gasteiger partial charge on any atom is -0.303 e. The second-order valence-electron chi connectivity index (χ2n) is 8.04. The predicted octanol–water partition coefficient (Wildman–Crippen LogP) is 4.79. The van der Waals surface area contributed by atoms with Gasteiger partial charge in [-0.25, -0.2) is 0 Å². The lowest BCUT2D eigenvalue weighted by Crippen LogP contribution is -2.44. The molecule has 27 heavy (non-hydrogen) atoms. The van der Waals surface area contributed by atoms with Crippen LogP contribution in [0.4, 0.5) is 13.2 Å². The van der Waals surface area contributed by atoms with Gasteiger partial charge in [0.25, 0.3) is 0 Å². The van der Waals surface area contributed by atoms with E-state index < -0.39 is 11.7 Å². The number of hydrogen-bond acceptors (Lipinski definition) is 3. The van der Waals surface area contributed by atoms with E-state index in [2.05, 4.69) is 28.6 Å². The van der Waals surface area contributed by atoms with Gasteiger partial charge in [0.1, 0.15) is 0 Å². The van der Waals surface area contributed by atoms with Gasteiger partial charge in [0.15, 0.2) is 0 Å². The van der Waals surface area contributed by atoms with Crippen molar-refractivity contribution in [3.8, 4) is 0 Å². The van der Waals surface area contributed by atoms with Crippen molar-refractivity contribution in [3.05, 3.63) is 35.4 Å². The van der Waals surface area contributed by atoms with E-state index in [0.717, 1.165) is 43.9 Å². The third-order valence-corrected chi connectivity index (χ3v) is 6.98. The second kappa shape index (κ2) is 9.66. The molecule has 0 aromatic heterocycles. The molecule has 0 N–H and O–H groups in total. The van der Waals surface area contributed by atoms with E-state index in [1.807, 2.05) is 6.07 Å². The van der Waals surface area contributed by atoms with Crippen LogP contribution in [0, 0.1) is 5.92 Å². The van der Waals surface area contributed by atoms with Crippen molar-refractivity contribution in [1.29, 1.82) is 0 Å². The fourth-order valence-corrected chi connectivity index (χ4v) is 5.46. The summed E-state index contributed by atoms with van der Waals surface area (Å²) in [5.74, 6) is 3.24. The molecule has 0 spiro atoms. The summed E-state index contributed by atoms with van der Waals surface area (Å²) in [7, 11) is 2.27. The first-order valence-corrected chi connectivity index (χ1v) is 11.2. The van der Waals surface area contributed by atoms with Crippen LogP contribution in [0.2, 0.25) is 0 Å². The van der Waals surface area contributed by atoms with Gasteiger partial charge in [0.05, 0.1) is 5.56 Å². The summed E-state index contributed by atoms with van der Waals surface area (Å²) in [6.45, 7) is 4.14. The zero-order chi connectivity index (χ0) is 19.3. The highest BCUT2D eigenvalue weighted by Crippen LogP contribution is 2.30. The molecule has 2 heterocycles. The van der Waals surface area contributed by atoms with E-state index in [-0.39, 0.29) is 0 Å². The molecule has 0 bridgehead atoms. The molecule has 0 radical (unpaired) electrons. The van der Waals surface area contributed by atoms with Gasteiger partial charge in [0, 0.05) is 25.7 Å². The van der Waals surface area contributed by atoms with Crippen LogP contribution in [0.3, 0.4) is 0 Å². The number of alkyl halides is 3. The Hall–Kier alpha value is -0.720. The average molecular weight is 401 g/mol. The van der Waals surface area contributed by atoms with E-state index in [1.165, 1.54) is 49.3 Å². The van der Waals surface area contributed by atoms with Gasteiger partial charge in [-0.15, -0.1) is 0 Å². The number of rotatable bonds is 6.